The van der Waals surface area contributed by atoms with Crippen molar-refractivity contribution in [3.05, 3.63) is 23.8 Å². The van der Waals surface area contributed by atoms with Gasteiger partial charge in [-0.2, -0.15) is 5.26 Å². The van der Waals surface area contributed by atoms with Crippen molar-refractivity contribution in [2.24, 2.45) is 0 Å². The number of anilines is 1. The van der Waals surface area contributed by atoms with E-state index in [1.165, 1.54) is 0 Å². The SMILES string of the molecule is CC(C)(C)OC(=O)N1CCN(c2nc3cc(C#N)ccc3s2)CC1. The first-order chi connectivity index (χ1) is 11.4. The molecule has 0 radical (unpaired) electrons. The third-order valence-electron chi connectivity index (χ3n) is 3.71. The minimum absolute atomic E-state index is 0.259. The highest BCUT2D eigenvalue weighted by Crippen LogP contribution is 2.30. The lowest BCUT2D eigenvalue weighted by Crippen LogP contribution is -2.50. The number of hydrogen-bond acceptors (Lipinski definition) is 6. The largest absolute Gasteiger partial charge is 0.444 e. The molecule has 0 atom stereocenters. The van der Waals surface area contributed by atoms with Gasteiger partial charge in [0.1, 0.15) is 5.60 Å². The minimum Gasteiger partial charge on any atom is -0.444 e. The Kier molecular flexibility index (Phi) is 4.33. The summed E-state index contributed by atoms with van der Waals surface area (Å²) >= 11 is 1.61. The molecule has 1 aliphatic rings. The van der Waals surface area contributed by atoms with Crippen molar-refractivity contribution in [2.75, 3.05) is 31.1 Å². The van der Waals surface area contributed by atoms with E-state index in [-0.39, 0.29) is 6.09 Å². The summed E-state index contributed by atoms with van der Waals surface area (Å²) in [6.07, 6.45) is -0.259. The van der Waals surface area contributed by atoms with Gasteiger partial charge in [0.05, 0.1) is 21.8 Å². The number of hydrogen-bond donors (Lipinski definition) is 0. The van der Waals surface area contributed by atoms with E-state index in [2.05, 4.69) is 16.0 Å². The van der Waals surface area contributed by atoms with Crippen molar-refractivity contribution in [1.29, 1.82) is 5.26 Å². The summed E-state index contributed by atoms with van der Waals surface area (Å²) in [6, 6.07) is 7.70. The third kappa shape index (κ3) is 3.60. The number of fused-ring (bicyclic) bond motifs is 1. The Bertz CT molecular complexity index is 795. The number of piperazine rings is 1. The van der Waals surface area contributed by atoms with Crippen molar-refractivity contribution < 1.29 is 9.53 Å². The van der Waals surface area contributed by atoms with Gasteiger partial charge in [-0.05, 0) is 39.0 Å². The lowest BCUT2D eigenvalue weighted by Gasteiger charge is -2.35. The molecule has 6 nitrogen and oxygen atoms in total. The van der Waals surface area contributed by atoms with Crippen molar-refractivity contribution in [1.82, 2.24) is 9.88 Å². The van der Waals surface area contributed by atoms with Crippen LogP contribution >= 0.6 is 11.3 Å². The van der Waals surface area contributed by atoms with Crippen LogP contribution in [0.5, 0.6) is 0 Å². The second-order valence-corrected chi connectivity index (χ2v) is 7.75. The average molecular weight is 344 g/mol. The maximum atomic E-state index is 12.1. The number of rotatable bonds is 1. The number of carbonyl (C=O) groups excluding carboxylic acids is 1. The molecule has 24 heavy (non-hydrogen) atoms. The van der Waals surface area contributed by atoms with Crippen LogP contribution in [0, 0.1) is 11.3 Å². The molecule has 1 aromatic carbocycles. The van der Waals surface area contributed by atoms with Gasteiger partial charge in [-0.25, -0.2) is 9.78 Å². The number of ether oxygens (including phenoxy) is 1. The monoisotopic (exact) mass is 344 g/mol. The Balaban J connectivity index is 1.66. The fraction of sp³-hybridized carbons (Fsp3) is 0.471. The topological polar surface area (TPSA) is 69.5 Å². The van der Waals surface area contributed by atoms with Gasteiger partial charge in [-0.3, -0.25) is 0 Å². The maximum Gasteiger partial charge on any atom is 0.410 e. The fourth-order valence-corrected chi connectivity index (χ4v) is 3.52. The number of nitriles is 1. The molecule has 0 saturated carbocycles. The molecule has 1 aliphatic heterocycles. The standard InChI is InChI=1S/C17H20N4O2S/c1-17(2,3)23-16(22)21-8-6-20(7-9-21)15-19-13-10-12(11-18)4-5-14(13)24-15/h4-5,10H,6-9H2,1-3H3. The second-order valence-electron chi connectivity index (χ2n) is 6.75. The van der Waals surface area contributed by atoms with Gasteiger partial charge in [-0.15, -0.1) is 0 Å². The lowest BCUT2D eigenvalue weighted by atomic mass is 10.2. The zero-order chi connectivity index (χ0) is 17.3. The van der Waals surface area contributed by atoms with E-state index in [1.54, 1.807) is 16.2 Å². The van der Waals surface area contributed by atoms with E-state index in [0.29, 0.717) is 18.7 Å². The van der Waals surface area contributed by atoms with Crippen LogP contribution < -0.4 is 4.90 Å². The van der Waals surface area contributed by atoms with Crippen LogP contribution in [0.25, 0.3) is 10.2 Å². The molecule has 1 saturated heterocycles. The molecule has 126 valence electrons. The van der Waals surface area contributed by atoms with E-state index in [4.69, 9.17) is 10.00 Å². The highest BCUT2D eigenvalue weighted by atomic mass is 32.1. The molecule has 2 aromatic rings. The van der Waals surface area contributed by atoms with Gasteiger partial charge in [0.2, 0.25) is 0 Å². The van der Waals surface area contributed by atoms with Crippen molar-refractivity contribution in [3.63, 3.8) is 0 Å². The Morgan fingerprint density at radius 3 is 2.62 bits per heavy atom. The summed E-state index contributed by atoms with van der Waals surface area (Å²) < 4.78 is 6.48. The highest BCUT2D eigenvalue weighted by molar-refractivity contribution is 7.22. The summed E-state index contributed by atoms with van der Waals surface area (Å²) in [6.45, 7) is 8.31. The zero-order valence-corrected chi connectivity index (χ0v) is 14.9. The Hall–Kier alpha value is -2.33. The van der Waals surface area contributed by atoms with E-state index in [0.717, 1.165) is 28.4 Å². The van der Waals surface area contributed by atoms with Crippen molar-refractivity contribution >= 4 is 32.8 Å². The number of amides is 1. The van der Waals surface area contributed by atoms with Gasteiger partial charge in [-0.1, -0.05) is 11.3 Å². The molecular formula is C17H20N4O2S. The van der Waals surface area contributed by atoms with Gasteiger partial charge in [0, 0.05) is 26.2 Å². The van der Waals surface area contributed by atoms with Crippen LogP contribution in [0.1, 0.15) is 26.3 Å². The first-order valence-corrected chi connectivity index (χ1v) is 8.71. The molecule has 1 fully saturated rings. The molecule has 0 bridgehead atoms. The van der Waals surface area contributed by atoms with Crippen LogP contribution in [0.2, 0.25) is 0 Å². The normalized spacial score (nSPS) is 15.4. The molecule has 0 unspecified atom stereocenters. The summed E-state index contributed by atoms with van der Waals surface area (Å²) in [5.41, 5.74) is 0.998. The van der Waals surface area contributed by atoms with E-state index >= 15 is 0 Å². The molecule has 0 N–H and O–H groups in total. The summed E-state index contributed by atoms with van der Waals surface area (Å²) in [4.78, 5) is 20.7. The first-order valence-electron chi connectivity index (χ1n) is 7.89. The lowest BCUT2D eigenvalue weighted by molar-refractivity contribution is 0.0240. The Morgan fingerprint density at radius 1 is 1.29 bits per heavy atom. The van der Waals surface area contributed by atoms with E-state index < -0.39 is 5.60 Å². The van der Waals surface area contributed by atoms with Crippen LogP contribution in [-0.4, -0.2) is 47.8 Å². The van der Waals surface area contributed by atoms with Crippen LogP contribution in [0.3, 0.4) is 0 Å². The molecule has 0 aliphatic carbocycles. The number of carbonyl (C=O) groups is 1. The molecule has 2 heterocycles. The third-order valence-corrected chi connectivity index (χ3v) is 4.80. The maximum absolute atomic E-state index is 12.1. The molecular weight excluding hydrogens is 324 g/mol. The zero-order valence-electron chi connectivity index (χ0n) is 14.1. The van der Waals surface area contributed by atoms with Crippen molar-refractivity contribution in [3.8, 4) is 6.07 Å². The summed E-state index contributed by atoms with van der Waals surface area (Å²) in [5, 5.41) is 9.91. The fourth-order valence-electron chi connectivity index (χ4n) is 2.53. The smallest absolute Gasteiger partial charge is 0.410 e. The summed E-state index contributed by atoms with van der Waals surface area (Å²) in [5.74, 6) is 0. The molecule has 1 aromatic heterocycles. The molecule has 0 spiro atoms. The first kappa shape index (κ1) is 16.5. The quantitative estimate of drug-likeness (QED) is 0.794. The van der Waals surface area contributed by atoms with Crippen LogP contribution in [0.15, 0.2) is 18.2 Å². The Morgan fingerprint density at radius 2 is 2.00 bits per heavy atom. The van der Waals surface area contributed by atoms with Gasteiger partial charge in [0.25, 0.3) is 0 Å². The van der Waals surface area contributed by atoms with Crippen LogP contribution in [0.4, 0.5) is 9.93 Å². The van der Waals surface area contributed by atoms with E-state index in [9.17, 15) is 4.79 Å². The number of thiazole rings is 1. The van der Waals surface area contributed by atoms with Crippen molar-refractivity contribution in [2.45, 2.75) is 26.4 Å². The Labute approximate surface area is 145 Å². The summed E-state index contributed by atoms with van der Waals surface area (Å²) in [7, 11) is 0. The number of nitrogens with zero attached hydrogens (tertiary/aromatic N) is 4. The highest BCUT2D eigenvalue weighted by Gasteiger charge is 2.26. The predicted octanol–water partition coefficient (Wildman–Crippen LogP) is 3.23. The van der Waals surface area contributed by atoms with Crippen LogP contribution in [-0.2, 0) is 4.74 Å². The molecule has 1 amide bonds. The predicted molar refractivity (Wildman–Crippen MR) is 94.4 cm³/mol. The van der Waals surface area contributed by atoms with Gasteiger partial charge < -0.3 is 14.5 Å². The minimum atomic E-state index is -0.473. The van der Waals surface area contributed by atoms with Gasteiger partial charge in [0.15, 0.2) is 5.13 Å². The van der Waals surface area contributed by atoms with E-state index in [1.807, 2.05) is 39.0 Å². The molecule has 3 rings (SSSR count). The number of benzene rings is 1. The number of aromatic nitrogens is 1. The van der Waals surface area contributed by atoms with Gasteiger partial charge >= 0.3 is 6.09 Å². The second kappa shape index (κ2) is 6.29. The average Bonchev–Trinajstić information content (AvgIpc) is 2.96. The molecule has 7 heteroatoms.